The minimum absolute atomic E-state index is 0.0550. The van der Waals surface area contributed by atoms with Gasteiger partial charge in [-0.2, -0.15) is 0 Å². The molecule has 1 aromatic carbocycles. The normalized spacial score (nSPS) is 30.8. The molecule has 0 aliphatic heterocycles. The van der Waals surface area contributed by atoms with Gasteiger partial charge in [-0.3, -0.25) is 9.59 Å². The van der Waals surface area contributed by atoms with Gasteiger partial charge in [-0.25, -0.2) is 0 Å². The van der Waals surface area contributed by atoms with E-state index in [2.05, 4.69) is 0 Å². The first kappa shape index (κ1) is 11.5. The number of carbonyl (C=O) groups is 2. The second kappa shape index (κ2) is 3.94. The molecular formula is C15H16O3. The Kier molecular flexibility index (Phi) is 2.51. The van der Waals surface area contributed by atoms with Crippen LogP contribution in [0.1, 0.15) is 36.3 Å². The summed E-state index contributed by atoms with van der Waals surface area (Å²) in [6, 6.07) is 4.92. The van der Waals surface area contributed by atoms with E-state index in [9.17, 15) is 14.7 Å². The monoisotopic (exact) mass is 244 g/mol. The lowest BCUT2D eigenvalue weighted by atomic mass is 9.74. The fourth-order valence-electron chi connectivity index (χ4n) is 3.36. The molecule has 2 fully saturated rings. The Morgan fingerprint density at radius 3 is 2.33 bits per heavy atom. The fraction of sp³-hybridized carbons (Fsp3) is 0.467. The molecule has 0 radical (unpaired) electrons. The Morgan fingerprint density at radius 1 is 1.11 bits per heavy atom. The zero-order valence-corrected chi connectivity index (χ0v) is 10.3. The average molecular weight is 244 g/mol. The number of hydrogen-bond acceptors (Lipinski definition) is 3. The molecule has 18 heavy (non-hydrogen) atoms. The minimum atomic E-state index is -0.636. The Morgan fingerprint density at radius 2 is 1.72 bits per heavy atom. The third kappa shape index (κ3) is 1.57. The summed E-state index contributed by atoms with van der Waals surface area (Å²) >= 11 is 0. The summed E-state index contributed by atoms with van der Waals surface area (Å²) in [7, 11) is 0. The number of phenolic OH excluding ortho intramolecular Hbond substituents is 1. The Bertz CT molecular complexity index is 511. The second-order valence-electron chi connectivity index (χ2n) is 5.49. The summed E-state index contributed by atoms with van der Waals surface area (Å²) in [5.74, 6) is -0.290. The van der Waals surface area contributed by atoms with Gasteiger partial charge in [-0.05, 0) is 49.4 Å². The molecule has 0 amide bonds. The number of rotatable bonds is 1. The lowest BCUT2D eigenvalue weighted by Crippen LogP contribution is -2.35. The van der Waals surface area contributed by atoms with Crippen LogP contribution >= 0.6 is 0 Å². The van der Waals surface area contributed by atoms with Crippen LogP contribution < -0.4 is 0 Å². The second-order valence-corrected chi connectivity index (χ2v) is 5.49. The van der Waals surface area contributed by atoms with Gasteiger partial charge in [0, 0.05) is 11.8 Å². The van der Waals surface area contributed by atoms with Crippen LogP contribution in [-0.4, -0.2) is 16.7 Å². The standard InChI is InChI=1S/C15H16O3/c1-8-2-5-11(16)7-12(8)13-14(17)9-3-4-10(6-9)15(13)18/h2,5,7,9-10,13,16H,3-4,6H2,1H3. The van der Waals surface area contributed by atoms with Crippen LogP contribution in [0.25, 0.3) is 0 Å². The van der Waals surface area contributed by atoms with Crippen molar-refractivity contribution in [3.8, 4) is 5.75 Å². The van der Waals surface area contributed by atoms with Crippen molar-refractivity contribution < 1.29 is 14.7 Å². The van der Waals surface area contributed by atoms with E-state index in [1.165, 1.54) is 0 Å². The number of Topliss-reactive ketones (excluding diaryl/α,β-unsaturated/α-hetero) is 2. The van der Waals surface area contributed by atoms with E-state index in [0.717, 1.165) is 24.8 Å². The van der Waals surface area contributed by atoms with Gasteiger partial charge in [0.05, 0.1) is 0 Å². The first-order chi connectivity index (χ1) is 8.58. The molecule has 2 bridgehead atoms. The van der Waals surface area contributed by atoms with E-state index in [4.69, 9.17) is 0 Å². The van der Waals surface area contributed by atoms with Gasteiger partial charge in [0.1, 0.15) is 11.7 Å². The average Bonchev–Trinajstić information content (AvgIpc) is 2.78. The van der Waals surface area contributed by atoms with Crippen LogP contribution in [0.5, 0.6) is 5.75 Å². The predicted molar refractivity (Wildman–Crippen MR) is 66.4 cm³/mol. The van der Waals surface area contributed by atoms with Crippen molar-refractivity contribution in [1.82, 2.24) is 0 Å². The zero-order chi connectivity index (χ0) is 12.9. The van der Waals surface area contributed by atoms with Crippen molar-refractivity contribution in [2.75, 3.05) is 0 Å². The van der Waals surface area contributed by atoms with E-state index in [1.54, 1.807) is 18.2 Å². The molecule has 2 aliphatic rings. The van der Waals surface area contributed by atoms with Crippen LogP contribution in [0.3, 0.4) is 0 Å². The van der Waals surface area contributed by atoms with Gasteiger partial charge in [-0.1, -0.05) is 6.07 Å². The molecule has 3 nitrogen and oxygen atoms in total. The number of phenols is 1. The molecule has 94 valence electrons. The van der Waals surface area contributed by atoms with Gasteiger partial charge in [-0.15, -0.1) is 0 Å². The van der Waals surface area contributed by atoms with Crippen molar-refractivity contribution in [1.29, 1.82) is 0 Å². The van der Waals surface area contributed by atoms with E-state index in [1.807, 2.05) is 6.92 Å². The molecule has 1 N–H and O–H groups in total. The molecule has 1 aromatic rings. The molecule has 0 heterocycles. The van der Waals surface area contributed by atoms with Gasteiger partial charge < -0.3 is 5.11 Å². The lowest BCUT2D eigenvalue weighted by molar-refractivity contribution is -0.135. The van der Waals surface area contributed by atoms with Crippen LogP contribution in [-0.2, 0) is 9.59 Å². The number of fused-ring (bicyclic) bond motifs is 2. The molecule has 0 saturated heterocycles. The van der Waals surface area contributed by atoms with Crippen molar-refractivity contribution in [2.45, 2.75) is 32.1 Å². The maximum atomic E-state index is 12.4. The Hall–Kier alpha value is -1.64. The molecule has 3 heteroatoms. The topological polar surface area (TPSA) is 54.4 Å². The van der Waals surface area contributed by atoms with Crippen molar-refractivity contribution in [3.05, 3.63) is 29.3 Å². The summed E-state index contributed by atoms with van der Waals surface area (Å²) in [6.07, 6.45) is 2.44. The van der Waals surface area contributed by atoms with E-state index in [-0.39, 0.29) is 29.2 Å². The highest BCUT2D eigenvalue weighted by Gasteiger charge is 2.47. The van der Waals surface area contributed by atoms with Gasteiger partial charge in [0.25, 0.3) is 0 Å². The summed E-state index contributed by atoms with van der Waals surface area (Å²) in [4.78, 5) is 24.7. The van der Waals surface area contributed by atoms with Gasteiger partial charge >= 0.3 is 0 Å². The quantitative estimate of drug-likeness (QED) is 0.771. The Balaban J connectivity index is 2.07. The maximum absolute atomic E-state index is 12.4. The number of carbonyl (C=O) groups excluding carboxylic acids is 2. The molecule has 2 saturated carbocycles. The molecule has 0 aromatic heterocycles. The highest BCUT2D eigenvalue weighted by atomic mass is 16.3. The van der Waals surface area contributed by atoms with E-state index >= 15 is 0 Å². The number of hydrogen-bond donors (Lipinski definition) is 1. The lowest BCUT2D eigenvalue weighted by Gasteiger charge is -2.26. The van der Waals surface area contributed by atoms with Crippen molar-refractivity contribution in [2.24, 2.45) is 11.8 Å². The van der Waals surface area contributed by atoms with Gasteiger partial charge in [0.15, 0.2) is 11.6 Å². The summed E-state index contributed by atoms with van der Waals surface area (Å²) < 4.78 is 0. The van der Waals surface area contributed by atoms with Crippen LogP contribution in [0.15, 0.2) is 18.2 Å². The Labute approximate surface area is 106 Å². The highest BCUT2D eigenvalue weighted by molar-refractivity contribution is 6.12. The first-order valence-electron chi connectivity index (χ1n) is 6.45. The fourth-order valence-corrected chi connectivity index (χ4v) is 3.36. The van der Waals surface area contributed by atoms with Crippen molar-refractivity contribution in [3.63, 3.8) is 0 Å². The van der Waals surface area contributed by atoms with Crippen LogP contribution in [0, 0.1) is 18.8 Å². The molecule has 2 aliphatic carbocycles. The molecule has 3 rings (SSSR count). The van der Waals surface area contributed by atoms with E-state index < -0.39 is 5.92 Å². The van der Waals surface area contributed by atoms with Crippen LogP contribution in [0.4, 0.5) is 0 Å². The largest absolute Gasteiger partial charge is 0.508 e. The number of aryl methyl sites for hydroxylation is 1. The maximum Gasteiger partial charge on any atom is 0.150 e. The molecule has 2 unspecified atom stereocenters. The molecular weight excluding hydrogens is 228 g/mol. The first-order valence-corrected chi connectivity index (χ1v) is 6.45. The predicted octanol–water partition coefficient (Wildman–Crippen LogP) is 2.35. The number of benzene rings is 1. The minimum Gasteiger partial charge on any atom is -0.508 e. The third-order valence-electron chi connectivity index (χ3n) is 4.38. The summed E-state index contributed by atoms with van der Waals surface area (Å²) in [6.45, 7) is 1.88. The molecule has 2 atom stereocenters. The van der Waals surface area contributed by atoms with Crippen LogP contribution in [0.2, 0.25) is 0 Å². The summed E-state index contributed by atoms with van der Waals surface area (Å²) in [5, 5.41) is 9.57. The SMILES string of the molecule is Cc1ccc(O)cc1C1C(=O)C2CCC(C2)C1=O. The third-order valence-corrected chi connectivity index (χ3v) is 4.38. The van der Waals surface area contributed by atoms with Crippen molar-refractivity contribution >= 4 is 11.6 Å². The number of ketones is 2. The summed E-state index contributed by atoms with van der Waals surface area (Å²) in [5.41, 5.74) is 1.60. The van der Waals surface area contributed by atoms with Gasteiger partial charge in [0.2, 0.25) is 0 Å². The van der Waals surface area contributed by atoms with E-state index in [0.29, 0.717) is 5.56 Å². The molecule has 0 spiro atoms. The number of aromatic hydroxyl groups is 1. The smallest absolute Gasteiger partial charge is 0.150 e. The zero-order valence-electron chi connectivity index (χ0n) is 10.3. The highest BCUT2D eigenvalue weighted by Crippen LogP contribution is 2.44.